The van der Waals surface area contributed by atoms with Crippen molar-refractivity contribution in [1.29, 1.82) is 0 Å². The average molecular weight is 488 g/mol. The van der Waals surface area contributed by atoms with Gasteiger partial charge in [-0.1, -0.05) is 23.7 Å². The molecule has 9 heteroatoms. The van der Waals surface area contributed by atoms with Crippen molar-refractivity contribution in [2.75, 3.05) is 12.0 Å². The number of amides is 1. The van der Waals surface area contributed by atoms with Gasteiger partial charge < -0.3 is 9.84 Å². The topological polar surface area (TPSA) is 66.8 Å². The minimum Gasteiger partial charge on any atom is -0.507 e. The van der Waals surface area contributed by atoms with Crippen LogP contribution in [-0.4, -0.2) is 23.9 Å². The highest BCUT2D eigenvalue weighted by atomic mass is 35.5. The molecule has 1 aliphatic heterocycles. The zero-order valence-electron chi connectivity index (χ0n) is 17.9. The molecule has 1 heterocycles. The first-order valence-corrected chi connectivity index (χ1v) is 10.4. The fourth-order valence-electron chi connectivity index (χ4n) is 3.97. The van der Waals surface area contributed by atoms with E-state index in [4.69, 9.17) is 16.3 Å². The first-order valence-electron chi connectivity index (χ1n) is 10.00. The number of aliphatic hydroxyl groups is 1. The number of nitrogens with zero attached hydrogens (tertiary/aromatic N) is 1. The summed E-state index contributed by atoms with van der Waals surface area (Å²) >= 11 is 6.23. The van der Waals surface area contributed by atoms with Crippen LogP contribution in [0.1, 0.15) is 22.7 Å². The Morgan fingerprint density at radius 3 is 2.29 bits per heavy atom. The largest absolute Gasteiger partial charge is 0.507 e. The Bertz CT molecular complexity index is 1360. The lowest BCUT2D eigenvalue weighted by Gasteiger charge is -2.26. The van der Waals surface area contributed by atoms with Crippen LogP contribution in [0.4, 0.5) is 18.9 Å². The molecule has 1 amide bonds. The third-order valence-corrected chi connectivity index (χ3v) is 5.73. The van der Waals surface area contributed by atoms with Crippen LogP contribution in [0, 0.1) is 24.4 Å². The molecule has 174 valence electrons. The summed E-state index contributed by atoms with van der Waals surface area (Å²) in [5, 5.41) is 11.4. The number of anilines is 1. The van der Waals surface area contributed by atoms with Crippen LogP contribution >= 0.6 is 11.6 Å². The Hall–Kier alpha value is -3.78. The van der Waals surface area contributed by atoms with E-state index in [-0.39, 0.29) is 21.9 Å². The zero-order chi connectivity index (χ0) is 24.7. The monoisotopic (exact) mass is 487 g/mol. The molecule has 0 saturated carbocycles. The number of carbonyl (C=O) groups excluding carboxylic acids is 2. The van der Waals surface area contributed by atoms with Crippen LogP contribution < -0.4 is 9.64 Å². The molecule has 3 aromatic carbocycles. The molecule has 0 aromatic heterocycles. The zero-order valence-corrected chi connectivity index (χ0v) is 18.7. The van der Waals surface area contributed by atoms with Crippen LogP contribution in [0.25, 0.3) is 5.76 Å². The molecule has 0 radical (unpaired) electrons. The highest BCUT2D eigenvalue weighted by Gasteiger charge is 2.48. The second kappa shape index (κ2) is 8.87. The van der Waals surface area contributed by atoms with Gasteiger partial charge in [0, 0.05) is 6.07 Å². The summed E-state index contributed by atoms with van der Waals surface area (Å²) in [6.45, 7) is 1.69. The summed E-state index contributed by atoms with van der Waals surface area (Å²) in [5.74, 6) is -5.33. The number of hydrogen-bond donors (Lipinski definition) is 1. The van der Waals surface area contributed by atoms with Crippen LogP contribution in [-0.2, 0) is 9.59 Å². The maximum absolute atomic E-state index is 14.7. The molecule has 1 fully saturated rings. The van der Waals surface area contributed by atoms with E-state index < -0.39 is 52.2 Å². The normalized spacial score (nSPS) is 17.4. The lowest BCUT2D eigenvalue weighted by Crippen LogP contribution is -2.30. The van der Waals surface area contributed by atoms with Crippen molar-refractivity contribution in [2.24, 2.45) is 0 Å². The molecule has 0 bridgehead atoms. The van der Waals surface area contributed by atoms with Gasteiger partial charge in [0.2, 0.25) is 0 Å². The molecule has 34 heavy (non-hydrogen) atoms. The molecule has 0 aliphatic carbocycles. The van der Waals surface area contributed by atoms with Crippen LogP contribution in [0.2, 0.25) is 5.02 Å². The van der Waals surface area contributed by atoms with Crippen molar-refractivity contribution in [3.05, 3.63) is 99.3 Å². The maximum atomic E-state index is 14.7. The van der Waals surface area contributed by atoms with Gasteiger partial charge in [-0.2, -0.15) is 0 Å². The summed E-state index contributed by atoms with van der Waals surface area (Å²) in [6.07, 6.45) is 0. The minimum atomic E-state index is -1.39. The van der Waals surface area contributed by atoms with Gasteiger partial charge in [0.1, 0.15) is 29.0 Å². The molecule has 3 aromatic rings. The second-order valence-corrected chi connectivity index (χ2v) is 8.05. The fraction of sp³-hybridized carbons (Fsp3) is 0.120. The molecular formula is C25H17ClF3NO4. The summed E-state index contributed by atoms with van der Waals surface area (Å²) in [6, 6.07) is 8.86. The average Bonchev–Trinajstić information content (AvgIpc) is 3.05. The van der Waals surface area contributed by atoms with Crippen LogP contribution in [0.15, 0.2) is 60.2 Å². The van der Waals surface area contributed by atoms with Gasteiger partial charge in [0.25, 0.3) is 11.7 Å². The predicted octanol–water partition coefficient (Wildman–Crippen LogP) is 5.70. The number of Topliss-reactive ketones (excluding diaryl/α,β-unsaturated/α-hetero) is 1. The van der Waals surface area contributed by atoms with Crippen molar-refractivity contribution in [3.8, 4) is 5.75 Å². The molecule has 5 nitrogen and oxygen atoms in total. The number of ketones is 1. The number of carbonyl (C=O) groups is 2. The fourth-order valence-corrected chi connectivity index (χ4v) is 4.32. The first kappa shape index (κ1) is 23.4. The summed E-state index contributed by atoms with van der Waals surface area (Å²) in [4.78, 5) is 27.0. The third kappa shape index (κ3) is 3.90. The lowest BCUT2D eigenvalue weighted by molar-refractivity contribution is -0.132. The number of aryl methyl sites for hydroxylation is 1. The minimum absolute atomic E-state index is 0.0253. The standard InChI is InChI=1S/C25H17ClF3NO4/c1-12-9-16(24(34-2)17(26)10-12)22(31)20-21(13-3-5-14(27)6-4-13)30(25(33)23(20)32)19-11-15(28)7-8-18(19)29/h3-11,21,31H,1-2H3/b22-20+. The van der Waals surface area contributed by atoms with E-state index in [9.17, 15) is 27.9 Å². The number of methoxy groups -OCH3 is 1. The molecule has 1 atom stereocenters. The Kier molecular flexibility index (Phi) is 6.10. The predicted molar refractivity (Wildman–Crippen MR) is 120 cm³/mol. The molecule has 1 aliphatic rings. The maximum Gasteiger partial charge on any atom is 0.300 e. The Morgan fingerprint density at radius 1 is 1.00 bits per heavy atom. The summed E-state index contributed by atoms with van der Waals surface area (Å²) in [5.41, 5.74) is -0.0955. The molecule has 1 saturated heterocycles. The van der Waals surface area contributed by atoms with Crippen molar-refractivity contribution >= 4 is 34.7 Å². The van der Waals surface area contributed by atoms with E-state index in [2.05, 4.69) is 0 Å². The number of benzene rings is 3. The number of aliphatic hydroxyl groups excluding tert-OH is 1. The molecule has 4 rings (SSSR count). The third-order valence-electron chi connectivity index (χ3n) is 5.45. The van der Waals surface area contributed by atoms with E-state index in [1.54, 1.807) is 13.0 Å². The lowest BCUT2D eigenvalue weighted by atomic mass is 9.94. The number of ether oxygens (including phenoxy) is 1. The highest BCUT2D eigenvalue weighted by Crippen LogP contribution is 2.45. The van der Waals surface area contributed by atoms with Gasteiger partial charge in [0.05, 0.1) is 35.0 Å². The molecule has 1 N–H and O–H groups in total. The Labute approximate surface area is 197 Å². The highest BCUT2D eigenvalue weighted by molar-refractivity contribution is 6.51. The van der Waals surface area contributed by atoms with Crippen molar-refractivity contribution in [3.63, 3.8) is 0 Å². The van der Waals surface area contributed by atoms with Gasteiger partial charge in [-0.05, 0) is 54.4 Å². The van der Waals surface area contributed by atoms with Crippen molar-refractivity contribution in [2.45, 2.75) is 13.0 Å². The first-order chi connectivity index (χ1) is 16.1. The van der Waals surface area contributed by atoms with E-state index in [0.717, 1.165) is 35.2 Å². The number of hydrogen-bond acceptors (Lipinski definition) is 4. The van der Waals surface area contributed by atoms with Crippen LogP contribution in [0.3, 0.4) is 0 Å². The second-order valence-electron chi connectivity index (χ2n) is 7.64. The van der Waals surface area contributed by atoms with Gasteiger partial charge >= 0.3 is 0 Å². The molecule has 0 spiro atoms. The summed E-state index contributed by atoms with van der Waals surface area (Å²) in [7, 11) is 1.31. The van der Waals surface area contributed by atoms with E-state index in [1.165, 1.54) is 25.3 Å². The molecule has 1 unspecified atom stereocenters. The van der Waals surface area contributed by atoms with Crippen molar-refractivity contribution in [1.82, 2.24) is 0 Å². The van der Waals surface area contributed by atoms with Crippen LogP contribution in [0.5, 0.6) is 5.75 Å². The van der Waals surface area contributed by atoms with Gasteiger partial charge in [-0.15, -0.1) is 0 Å². The number of rotatable bonds is 4. The summed E-state index contributed by atoms with van der Waals surface area (Å²) < 4.78 is 47.6. The van der Waals surface area contributed by atoms with Crippen molar-refractivity contribution < 1.29 is 32.6 Å². The van der Waals surface area contributed by atoms with E-state index in [1.807, 2.05) is 0 Å². The van der Waals surface area contributed by atoms with Gasteiger partial charge in [-0.25, -0.2) is 13.2 Å². The van der Waals surface area contributed by atoms with Gasteiger partial charge in [-0.3, -0.25) is 14.5 Å². The van der Waals surface area contributed by atoms with E-state index in [0.29, 0.717) is 5.56 Å². The molecular weight excluding hydrogens is 471 g/mol. The Balaban J connectivity index is 2.04. The quantitative estimate of drug-likeness (QED) is 0.291. The number of halogens is 4. The smallest absolute Gasteiger partial charge is 0.300 e. The van der Waals surface area contributed by atoms with E-state index >= 15 is 0 Å². The SMILES string of the molecule is COc1c(Cl)cc(C)cc1/C(O)=C1\C(=O)C(=O)N(c2cc(F)ccc2F)C1c1ccc(F)cc1. The Morgan fingerprint density at radius 2 is 1.65 bits per heavy atom. The van der Waals surface area contributed by atoms with Gasteiger partial charge in [0.15, 0.2) is 0 Å².